The second kappa shape index (κ2) is 13.5. The summed E-state index contributed by atoms with van der Waals surface area (Å²) in [6.45, 7) is 4.76. The summed E-state index contributed by atoms with van der Waals surface area (Å²) >= 11 is 0. The van der Waals surface area contributed by atoms with E-state index in [9.17, 15) is 14.7 Å². The van der Waals surface area contributed by atoms with Gasteiger partial charge in [0.2, 0.25) is 11.8 Å². The normalized spacial score (nSPS) is 13.6. The Balaban J connectivity index is 1.48. The zero-order valence-corrected chi connectivity index (χ0v) is 19.8. The molecule has 1 atom stereocenters. The molecule has 0 saturated heterocycles. The molecule has 2 aromatic heterocycles. The number of pyridine rings is 2. The Labute approximate surface area is 200 Å². The van der Waals surface area contributed by atoms with Gasteiger partial charge in [0.05, 0.1) is 0 Å². The lowest BCUT2D eigenvalue weighted by atomic mass is 10.1. The van der Waals surface area contributed by atoms with Crippen molar-refractivity contribution in [2.45, 2.75) is 51.5 Å². The van der Waals surface area contributed by atoms with Crippen molar-refractivity contribution in [2.75, 3.05) is 38.1 Å². The Kier molecular flexibility index (Phi) is 10.1. The molecule has 0 spiro atoms. The zero-order chi connectivity index (χ0) is 24.2. The van der Waals surface area contributed by atoms with E-state index in [4.69, 9.17) is 9.72 Å². The third-order valence-electron chi connectivity index (χ3n) is 5.81. The molecule has 1 aliphatic heterocycles. The molecular formula is C25H35N5O4. The first-order valence-electron chi connectivity index (χ1n) is 12.0. The molecule has 0 saturated carbocycles. The standard InChI is InChI=1S/C25H35N5O4/c1-19(31)28-22(25(32)33)12-16-30(17-18-34-23-9-2-4-13-26-23)15-5-3-8-21-11-10-20-7-6-14-27-24(20)29-21/h2,4,9-11,13,22H,3,5-8,12,14-18H2,1H3,(H,27,29)(H,28,31)(H,32,33). The van der Waals surface area contributed by atoms with Gasteiger partial charge in [-0.05, 0) is 62.8 Å². The van der Waals surface area contributed by atoms with Crippen LogP contribution in [0.3, 0.4) is 0 Å². The van der Waals surface area contributed by atoms with Gasteiger partial charge in [-0.15, -0.1) is 0 Å². The predicted molar refractivity (Wildman–Crippen MR) is 130 cm³/mol. The highest BCUT2D eigenvalue weighted by atomic mass is 16.5. The Bertz CT molecular complexity index is 925. The van der Waals surface area contributed by atoms with E-state index in [-0.39, 0.29) is 5.91 Å². The lowest BCUT2D eigenvalue weighted by Crippen LogP contribution is -2.42. The molecule has 3 N–H and O–H groups in total. The van der Waals surface area contributed by atoms with Gasteiger partial charge in [-0.25, -0.2) is 14.8 Å². The minimum absolute atomic E-state index is 0.330. The summed E-state index contributed by atoms with van der Waals surface area (Å²) in [4.78, 5) is 33.9. The fourth-order valence-electron chi connectivity index (χ4n) is 4.01. The Morgan fingerprint density at radius 3 is 2.85 bits per heavy atom. The molecular weight excluding hydrogens is 434 g/mol. The molecule has 3 rings (SSSR count). The summed E-state index contributed by atoms with van der Waals surface area (Å²) in [5, 5.41) is 15.3. The first-order valence-corrected chi connectivity index (χ1v) is 12.0. The molecule has 0 radical (unpaired) electrons. The van der Waals surface area contributed by atoms with Crippen LogP contribution in [0.25, 0.3) is 0 Å². The van der Waals surface area contributed by atoms with Crippen LogP contribution in [0.2, 0.25) is 0 Å². The van der Waals surface area contributed by atoms with E-state index in [1.807, 2.05) is 18.2 Å². The van der Waals surface area contributed by atoms with Crippen LogP contribution in [-0.4, -0.2) is 70.7 Å². The van der Waals surface area contributed by atoms with Crippen molar-refractivity contribution in [2.24, 2.45) is 0 Å². The molecule has 0 aliphatic carbocycles. The average molecular weight is 470 g/mol. The fourth-order valence-corrected chi connectivity index (χ4v) is 4.01. The quantitative estimate of drug-likeness (QED) is 0.362. The number of rotatable bonds is 14. The third-order valence-corrected chi connectivity index (χ3v) is 5.81. The largest absolute Gasteiger partial charge is 0.480 e. The van der Waals surface area contributed by atoms with E-state index in [2.05, 4.69) is 32.7 Å². The van der Waals surface area contributed by atoms with Crippen molar-refractivity contribution in [3.8, 4) is 5.88 Å². The number of carbonyl (C=O) groups excluding carboxylic acids is 1. The third kappa shape index (κ3) is 8.62. The minimum atomic E-state index is -1.02. The minimum Gasteiger partial charge on any atom is -0.480 e. The Morgan fingerprint density at radius 2 is 2.09 bits per heavy atom. The molecule has 0 fully saturated rings. The smallest absolute Gasteiger partial charge is 0.326 e. The zero-order valence-electron chi connectivity index (χ0n) is 19.8. The van der Waals surface area contributed by atoms with Gasteiger partial charge in [-0.1, -0.05) is 12.1 Å². The van der Waals surface area contributed by atoms with Gasteiger partial charge >= 0.3 is 5.97 Å². The molecule has 1 unspecified atom stereocenters. The van der Waals surface area contributed by atoms with Crippen LogP contribution in [-0.2, 0) is 22.4 Å². The number of carboxylic acid groups (broad SMARTS) is 1. The average Bonchev–Trinajstić information content (AvgIpc) is 2.84. The van der Waals surface area contributed by atoms with Gasteiger partial charge < -0.3 is 20.5 Å². The number of aryl methyl sites for hydroxylation is 2. The van der Waals surface area contributed by atoms with Crippen molar-refractivity contribution in [3.05, 3.63) is 47.8 Å². The first kappa shape index (κ1) is 25.4. The number of hydrogen-bond donors (Lipinski definition) is 3. The Hall–Kier alpha value is -3.20. The maximum atomic E-state index is 11.5. The number of carboxylic acids is 1. The first-order chi connectivity index (χ1) is 16.5. The van der Waals surface area contributed by atoms with Crippen molar-refractivity contribution >= 4 is 17.7 Å². The fraction of sp³-hybridized carbons (Fsp3) is 0.520. The van der Waals surface area contributed by atoms with Crippen LogP contribution in [0.5, 0.6) is 5.88 Å². The predicted octanol–water partition coefficient (Wildman–Crippen LogP) is 2.52. The highest BCUT2D eigenvalue weighted by molar-refractivity contribution is 5.82. The maximum absolute atomic E-state index is 11.5. The number of carbonyl (C=O) groups is 2. The second-order valence-electron chi connectivity index (χ2n) is 8.54. The number of nitrogens with one attached hydrogen (secondary N) is 2. The molecule has 9 nitrogen and oxygen atoms in total. The summed E-state index contributed by atoms with van der Waals surface area (Å²) in [7, 11) is 0. The SMILES string of the molecule is CC(=O)NC(CCN(CCCCc1ccc2c(n1)NCCC2)CCOc1ccccn1)C(=O)O. The van der Waals surface area contributed by atoms with E-state index >= 15 is 0 Å². The number of fused-ring (bicyclic) bond motifs is 1. The van der Waals surface area contributed by atoms with Crippen molar-refractivity contribution in [3.63, 3.8) is 0 Å². The van der Waals surface area contributed by atoms with E-state index in [0.29, 0.717) is 32.0 Å². The van der Waals surface area contributed by atoms with Gasteiger partial charge in [0.25, 0.3) is 0 Å². The van der Waals surface area contributed by atoms with Gasteiger partial charge in [0.1, 0.15) is 18.5 Å². The summed E-state index contributed by atoms with van der Waals surface area (Å²) in [6, 6.07) is 8.91. The number of nitrogens with zero attached hydrogens (tertiary/aromatic N) is 3. The van der Waals surface area contributed by atoms with Crippen molar-refractivity contribution in [1.29, 1.82) is 0 Å². The number of unbranched alkanes of at least 4 members (excludes halogenated alkanes) is 1. The molecule has 34 heavy (non-hydrogen) atoms. The number of ether oxygens (including phenoxy) is 1. The van der Waals surface area contributed by atoms with E-state index < -0.39 is 12.0 Å². The molecule has 2 aromatic rings. The number of amides is 1. The van der Waals surface area contributed by atoms with Gasteiger partial charge in [-0.2, -0.15) is 0 Å². The van der Waals surface area contributed by atoms with Crippen LogP contribution in [0.1, 0.15) is 43.9 Å². The van der Waals surface area contributed by atoms with E-state index in [0.717, 1.165) is 56.7 Å². The van der Waals surface area contributed by atoms with Gasteiger partial charge in [0.15, 0.2) is 0 Å². The summed E-state index contributed by atoms with van der Waals surface area (Å²) in [6.07, 6.45) is 7.08. The number of aromatic nitrogens is 2. The molecule has 0 aromatic carbocycles. The van der Waals surface area contributed by atoms with Crippen molar-refractivity contribution < 1.29 is 19.4 Å². The number of hydrogen-bond acceptors (Lipinski definition) is 7. The van der Waals surface area contributed by atoms with Crippen LogP contribution in [0, 0.1) is 0 Å². The highest BCUT2D eigenvalue weighted by Crippen LogP contribution is 2.20. The van der Waals surface area contributed by atoms with Crippen LogP contribution in [0.4, 0.5) is 5.82 Å². The molecule has 1 aliphatic rings. The van der Waals surface area contributed by atoms with Crippen LogP contribution in [0.15, 0.2) is 36.5 Å². The Morgan fingerprint density at radius 1 is 1.21 bits per heavy atom. The van der Waals surface area contributed by atoms with Crippen molar-refractivity contribution in [1.82, 2.24) is 20.2 Å². The summed E-state index contributed by atoms with van der Waals surface area (Å²) in [5.41, 5.74) is 2.39. The van der Waals surface area contributed by atoms with Crippen LogP contribution >= 0.6 is 0 Å². The summed E-state index contributed by atoms with van der Waals surface area (Å²) < 4.78 is 5.73. The second-order valence-corrected chi connectivity index (χ2v) is 8.54. The molecule has 9 heteroatoms. The lowest BCUT2D eigenvalue weighted by molar-refractivity contribution is -0.141. The monoisotopic (exact) mass is 469 g/mol. The van der Waals surface area contributed by atoms with Crippen LogP contribution < -0.4 is 15.4 Å². The summed E-state index contributed by atoms with van der Waals surface area (Å²) in [5.74, 6) is 0.224. The van der Waals surface area contributed by atoms with Gasteiger partial charge in [-0.3, -0.25) is 9.69 Å². The number of aliphatic carboxylic acids is 1. The molecule has 184 valence electrons. The molecule has 0 bridgehead atoms. The van der Waals surface area contributed by atoms with E-state index in [1.165, 1.54) is 12.5 Å². The number of anilines is 1. The maximum Gasteiger partial charge on any atom is 0.326 e. The molecule has 1 amide bonds. The molecule has 3 heterocycles. The van der Waals surface area contributed by atoms with Gasteiger partial charge in [0, 0.05) is 44.5 Å². The highest BCUT2D eigenvalue weighted by Gasteiger charge is 2.19. The lowest BCUT2D eigenvalue weighted by Gasteiger charge is -2.24. The van der Waals surface area contributed by atoms with E-state index in [1.54, 1.807) is 6.20 Å². The topological polar surface area (TPSA) is 117 Å².